The van der Waals surface area contributed by atoms with Gasteiger partial charge in [0.2, 0.25) is 0 Å². The van der Waals surface area contributed by atoms with Gasteiger partial charge in [-0.2, -0.15) is 0 Å². The van der Waals surface area contributed by atoms with Gasteiger partial charge in [-0.1, -0.05) is 25.1 Å². The lowest BCUT2D eigenvalue weighted by molar-refractivity contribution is 0.101. The summed E-state index contributed by atoms with van der Waals surface area (Å²) in [5.41, 5.74) is 2.44. The average Bonchev–Trinajstić information content (AvgIpc) is 2.84. The Bertz CT molecular complexity index is 568. The number of carbonyl (C=O) groups excluding carboxylic acids is 1. The highest BCUT2D eigenvalue weighted by Gasteiger charge is 2.11. The fraction of sp³-hybridized carbons (Fsp3) is 0.286. The van der Waals surface area contributed by atoms with E-state index in [9.17, 15) is 4.79 Å². The average molecular weight is 295 g/mol. The van der Waals surface area contributed by atoms with E-state index in [1.807, 2.05) is 24.3 Å². The SMILES string of the molecule is CCNCc1ccccc1NC(=O)c1cncn1C.Cl. The highest BCUT2D eigenvalue weighted by atomic mass is 35.5. The zero-order chi connectivity index (χ0) is 13.7. The van der Waals surface area contributed by atoms with E-state index in [1.165, 1.54) is 0 Å². The number of aryl methyl sites for hydroxylation is 1. The molecule has 0 radical (unpaired) electrons. The quantitative estimate of drug-likeness (QED) is 0.889. The van der Waals surface area contributed by atoms with E-state index in [0.29, 0.717) is 5.69 Å². The topological polar surface area (TPSA) is 58.9 Å². The normalized spacial score (nSPS) is 9.90. The summed E-state index contributed by atoms with van der Waals surface area (Å²) in [7, 11) is 1.80. The summed E-state index contributed by atoms with van der Waals surface area (Å²) in [6, 6.07) is 7.78. The molecule has 2 rings (SSSR count). The zero-order valence-corrected chi connectivity index (χ0v) is 12.4. The molecule has 6 heteroatoms. The number of aromatic nitrogens is 2. The minimum atomic E-state index is -0.149. The zero-order valence-electron chi connectivity index (χ0n) is 11.6. The maximum Gasteiger partial charge on any atom is 0.273 e. The lowest BCUT2D eigenvalue weighted by Crippen LogP contribution is -2.18. The number of imidazole rings is 1. The number of nitrogens with zero attached hydrogens (tertiary/aromatic N) is 2. The Kier molecular flexibility index (Phi) is 6.21. The summed E-state index contributed by atoms with van der Waals surface area (Å²) >= 11 is 0. The lowest BCUT2D eigenvalue weighted by atomic mass is 10.1. The molecular formula is C14H19ClN4O. The third kappa shape index (κ3) is 3.82. The number of halogens is 1. The second-order valence-electron chi connectivity index (χ2n) is 4.28. The third-order valence-electron chi connectivity index (χ3n) is 2.88. The predicted octanol–water partition coefficient (Wildman–Crippen LogP) is 2.20. The van der Waals surface area contributed by atoms with Gasteiger partial charge in [-0.3, -0.25) is 4.79 Å². The van der Waals surface area contributed by atoms with E-state index in [2.05, 4.69) is 22.5 Å². The number of para-hydroxylation sites is 1. The van der Waals surface area contributed by atoms with Gasteiger partial charge in [-0.15, -0.1) is 12.4 Å². The van der Waals surface area contributed by atoms with E-state index < -0.39 is 0 Å². The Balaban J connectivity index is 0.00000200. The van der Waals surface area contributed by atoms with Crippen LogP contribution in [0.1, 0.15) is 23.0 Å². The Morgan fingerprint density at radius 2 is 2.10 bits per heavy atom. The van der Waals surface area contributed by atoms with Crippen molar-refractivity contribution < 1.29 is 4.79 Å². The molecule has 1 aromatic carbocycles. The fourth-order valence-electron chi connectivity index (χ4n) is 1.82. The van der Waals surface area contributed by atoms with Crippen molar-refractivity contribution in [1.82, 2.24) is 14.9 Å². The first-order chi connectivity index (χ1) is 9.22. The van der Waals surface area contributed by atoms with Gasteiger partial charge >= 0.3 is 0 Å². The molecule has 0 unspecified atom stereocenters. The van der Waals surface area contributed by atoms with Crippen molar-refractivity contribution >= 4 is 24.0 Å². The maximum atomic E-state index is 12.1. The molecule has 108 valence electrons. The molecule has 20 heavy (non-hydrogen) atoms. The summed E-state index contributed by atoms with van der Waals surface area (Å²) in [6.45, 7) is 3.68. The number of benzene rings is 1. The van der Waals surface area contributed by atoms with Gasteiger partial charge in [-0.25, -0.2) is 4.98 Å². The van der Waals surface area contributed by atoms with Crippen LogP contribution >= 0.6 is 12.4 Å². The van der Waals surface area contributed by atoms with Gasteiger partial charge in [0.1, 0.15) is 5.69 Å². The highest BCUT2D eigenvalue weighted by molar-refractivity contribution is 6.03. The standard InChI is InChI=1S/C14H18N4O.ClH/c1-3-15-8-11-6-4-5-7-12(11)17-14(19)13-9-16-10-18(13)2;/h4-7,9-10,15H,3,8H2,1-2H3,(H,17,19);1H. The lowest BCUT2D eigenvalue weighted by Gasteiger charge is -2.11. The number of amides is 1. The van der Waals surface area contributed by atoms with Crippen LogP contribution in [0.5, 0.6) is 0 Å². The van der Waals surface area contributed by atoms with Crippen LogP contribution in [0.25, 0.3) is 0 Å². The van der Waals surface area contributed by atoms with Gasteiger partial charge in [0.15, 0.2) is 0 Å². The Hall–Kier alpha value is -1.85. The van der Waals surface area contributed by atoms with Gasteiger partial charge in [0, 0.05) is 19.3 Å². The minimum absolute atomic E-state index is 0. The number of hydrogen-bond acceptors (Lipinski definition) is 3. The number of nitrogens with one attached hydrogen (secondary N) is 2. The molecule has 0 aliphatic heterocycles. The Morgan fingerprint density at radius 3 is 2.75 bits per heavy atom. The Morgan fingerprint density at radius 1 is 1.35 bits per heavy atom. The first-order valence-corrected chi connectivity index (χ1v) is 6.28. The van der Waals surface area contributed by atoms with Crippen LogP contribution in [-0.2, 0) is 13.6 Å². The summed E-state index contributed by atoms with van der Waals surface area (Å²) in [5.74, 6) is -0.149. The molecule has 2 N–H and O–H groups in total. The van der Waals surface area contributed by atoms with Crippen LogP contribution in [0.4, 0.5) is 5.69 Å². The molecule has 0 bridgehead atoms. The molecule has 0 saturated heterocycles. The van der Waals surface area contributed by atoms with Crippen LogP contribution in [0.3, 0.4) is 0 Å². The first-order valence-electron chi connectivity index (χ1n) is 6.28. The van der Waals surface area contributed by atoms with Crippen LogP contribution in [0, 0.1) is 0 Å². The second kappa shape index (κ2) is 7.67. The minimum Gasteiger partial charge on any atom is -0.330 e. The number of hydrogen-bond donors (Lipinski definition) is 2. The molecule has 0 aliphatic carbocycles. The van der Waals surface area contributed by atoms with Crippen LogP contribution in [0.2, 0.25) is 0 Å². The van der Waals surface area contributed by atoms with Gasteiger partial charge < -0.3 is 15.2 Å². The van der Waals surface area contributed by atoms with Crippen molar-refractivity contribution in [3.05, 3.63) is 48.0 Å². The van der Waals surface area contributed by atoms with Crippen molar-refractivity contribution in [2.45, 2.75) is 13.5 Å². The molecule has 0 aliphatic rings. The summed E-state index contributed by atoms with van der Waals surface area (Å²) in [6.07, 6.45) is 3.17. The summed E-state index contributed by atoms with van der Waals surface area (Å²) < 4.78 is 1.70. The van der Waals surface area contributed by atoms with Crippen LogP contribution in [0.15, 0.2) is 36.8 Å². The molecule has 2 aromatic rings. The van der Waals surface area contributed by atoms with E-state index in [1.54, 1.807) is 24.1 Å². The van der Waals surface area contributed by atoms with Crippen LogP contribution < -0.4 is 10.6 Å². The summed E-state index contributed by atoms with van der Waals surface area (Å²) in [5, 5.41) is 6.18. The largest absolute Gasteiger partial charge is 0.330 e. The molecule has 1 amide bonds. The maximum absolute atomic E-state index is 12.1. The smallest absolute Gasteiger partial charge is 0.273 e. The number of anilines is 1. The molecule has 0 atom stereocenters. The van der Waals surface area contributed by atoms with E-state index in [-0.39, 0.29) is 18.3 Å². The van der Waals surface area contributed by atoms with Crippen molar-refractivity contribution in [1.29, 1.82) is 0 Å². The molecule has 0 saturated carbocycles. The van der Waals surface area contributed by atoms with E-state index in [0.717, 1.165) is 24.3 Å². The Labute approximate surface area is 124 Å². The fourth-order valence-corrected chi connectivity index (χ4v) is 1.82. The van der Waals surface area contributed by atoms with Crippen molar-refractivity contribution in [2.75, 3.05) is 11.9 Å². The highest BCUT2D eigenvalue weighted by Crippen LogP contribution is 2.15. The first kappa shape index (κ1) is 16.2. The number of rotatable bonds is 5. The summed E-state index contributed by atoms with van der Waals surface area (Å²) in [4.78, 5) is 16.1. The van der Waals surface area contributed by atoms with Gasteiger partial charge in [0.05, 0.1) is 12.5 Å². The van der Waals surface area contributed by atoms with E-state index in [4.69, 9.17) is 0 Å². The van der Waals surface area contributed by atoms with Crippen LogP contribution in [-0.4, -0.2) is 22.0 Å². The molecule has 0 fully saturated rings. The van der Waals surface area contributed by atoms with Crippen molar-refractivity contribution in [3.8, 4) is 0 Å². The van der Waals surface area contributed by atoms with E-state index >= 15 is 0 Å². The second-order valence-corrected chi connectivity index (χ2v) is 4.28. The van der Waals surface area contributed by atoms with Crippen molar-refractivity contribution in [3.63, 3.8) is 0 Å². The van der Waals surface area contributed by atoms with Gasteiger partial charge in [-0.05, 0) is 18.2 Å². The molecule has 1 aromatic heterocycles. The molecule has 5 nitrogen and oxygen atoms in total. The van der Waals surface area contributed by atoms with Gasteiger partial charge in [0.25, 0.3) is 5.91 Å². The molecule has 1 heterocycles. The van der Waals surface area contributed by atoms with Crippen molar-refractivity contribution in [2.24, 2.45) is 7.05 Å². The number of carbonyl (C=O) groups is 1. The third-order valence-corrected chi connectivity index (χ3v) is 2.88. The molecular weight excluding hydrogens is 276 g/mol. The predicted molar refractivity (Wildman–Crippen MR) is 82.2 cm³/mol. The monoisotopic (exact) mass is 294 g/mol. The molecule has 0 spiro atoms.